The number of ether oxygens (including phenoxy) is 2. The molecular formula is C14H20BrNO2. The lowest BCUT2D eigenvalue weighted by molar-refractivity contribution is 0.187. The highest BCUT2D eigenvalue weighted by atomic mass is 79.9. The Morgan fingerprint density at radius 3 is 2.67 bits per heavy atom. The average molecular weight is 314 g/mol. The van der Waals surface area contributed by atoms with Gasteiger partial charge in [0.2, 0.25) is 0 Å². The minimum atomic E-state index is 0.646. The van der Waals surface area contributed by atoms with E-state index in [9.17, 15) is 0 Å². The Bertz CT molecular complexity index is 355. The van der Waals surface area contributed by atoms with Gasteiger partial charge >= 0.3 is 0 Å². The first-order valence-electron chi connectivity index (χ1n) is 6.41. The highest BCUT2D eigenvalue weighted by molar-refractivity contribution is 9.09. The van der Waals surface area contributed by atoms with E-state index in [0.29, 0.717) is 4.83 Å². The smallest absolute Gasteiger partial charge is 0.119 e. The molecule has 1 aliphatic rings. The molecule has 100 valence electrons. The number of alkyl halides is 1. The SMILES string of the molecule is COc1ccc(OCCN2CCCC(Br)C2)cc1. The van der Waals surface area contributed by atoms with Gasteiger partial charge in [0, 0.05) is 17.9 Å². The first kappa shape index (κ1) is 13.7. The molecule has 1 aromatic rings. The Hall–Kier alpha value is -0.740. The Morgan fingerprint density at radius 1 is 1.28 bits per heavy atom. The van der Waals surface area contributed by atoms with Gasteiger partial charge in [0.05, 0.1) is 7.11 Å². The maximum absolute atomic E-state index is 5.73. The molecule has 0 radical (unpaired) electrons. The van der Waals surface area contributed by atoms with E-state index in [1.165, 1.54) is 19.4 Å². The molecule has 1 saturated heterocycles. The third-order valence-electron chi connectivity index (χ3n) is 3.18. The summed E-state index contributed by atoms with van der Waals surface area (Å²) < 4.78 is 10.8. The minimum absolute atomic E-state index is 0.646. The van der Waals surface area contributed by atoms with Gasteiger partial charge in [0.1, 0.15) is 18.1 Å². The fourth-order valence-corrected chi connectivity index (χ4v) is 2.90. The van der Waals surface area contributed by atoms with Crippen LogP contribution in [0.1, 0.15) is 12.8 Å². The van der Waals surface area contributed by atoms with Crippen molar-refractivity contribution in [2.24, 2.45) is 0 Å². The number of hydrogen-bond acceptors (Lipinski definition) is 3. The van der Waals surface area contributed by atoms with Crippen LogP contribution in [0, 0.1) is 0 Å². The first-order valence-corrected chi connectivity index (χ1v) is 7.33. The van der Waals surface area contributed by atoms with Crippen molar-refractivity contribution in [1.82, 2.24) is 4.90 Å². The normalized spacial score (nSPS) is 20.7. The van der Waals surface area contributed by atoms with Crippen LogP contribution in [0.4, 0.5) is 0 Å². The van der Waals surface area contributed by atoms with Crippen molar-refractivity contribution in [1.29, 1.82) is 0 Å². The predicted octanol–water partition coefficient (Wildman–Crippen LogP) is 2.93. The van der Waals surface area contributed by atoms with Crippen LogP contribution in [0.3, 0.4) is 0 Å². The van der Waals surface area contributed by atoms with E-state index in [2.05, 4.69) is 20.8 Å². The average Bonchev–Trinajstić information content (AvgIpc) is 2.40. The van der Waals surface area contributed by atoms with Crippen LogP contribution in [0.25, 0.3) is 0 Å². The minimum Gasteiger partial charge on any atom is -0.497 e. The molecule has 18 heavy (non-hydrogen) atoms. The van der Waals surface area contributed by atoms with Gasteiger partial charge in [-0.15, -0.1) is 0 Å². The zero-order chi connectivity index (χ0) is 12.8. The lowest BCUT2D eigenvalue weighted by Crippen LogP contribution is -2.38. The van der Waals surface area contributed by atoms with Gasteiger partial charge < -0.3 is 9.47 Å². The van der Waals surface area contributed by atoms with Gasteiger partial charge in [-0.1, -0.05) is 15.9 Å². The van der Waals surface area contributed by atoms with Crippen LogP contribution in [0.2, 0.25) is 0 Å². The topological polar surface area (TPSA) is 21.7 Å². The number of rotatable bonds is 5. The summed E-state index contributed by atoms with van der Waals surface area (Å²) in [6.45, 7) is 4.06. The summed E-state index contributed by atoms with van der Waals surface area (Å²) in [5.74, 6) is 1.77. The third kappa shape index (κ3) is 4.18. The molecule has 0 bridgehead atoms. The van der Waals surface area contributed by atoms with Crippen molar-refractivity contribution in [3.63, 3.8) is 0 Å². The van der Waals surface area contributed by atoms with Crippen LogP contribution in [0.15, 0.2) is 24.3 Å². The van der Waals surface area contributed by atoms with Crippen molar-refractivity contribution in [2.75, 3.05) is 33.4 Å². The van der Waals surface area contributed by atoms with E-state index in [1.54, 1.807) is 7.11 Å². The van der Waals surface area contributed by atoms with Crippen molar-refractivity contribution < 1.29 is 9.47 Å². The first-order chi connectivity index (χ1) is 8.78. The number of likely N-dealkylation sites (tertiary alicyclic amines) is 1. The molecule has 0 aliphatic carbocycles. The standard InChI is InChI=1S/C14H20BrNO2/c1-17-13-4-6-14(7-5-13)18-10-9-16-8-2-3-12(15)11-16/h4-7,12H,2-3,8-11H2,1H3. The summed E-state index contributed by atoms with van der Waals surface area (Å²) in [5.41, 5.74) is 0. The van der Waals surface area contributed by atoms with E-state index >= 15 is 0 Å². The summed E-state index contributed by atoms with van der Waals surface area (Å²) in [4.78, 5) is 3.10. The molecule has 0 saturated carbocycles. The maximum Gasteiger partial charge on any atom is 0.119 e. The Kier molecular flexibility index (Phi) is 5.32. The van der Waals surface area contributed by atoms with E-state index < -0.39 is 0 Å². The van der Waals surface area contributed by atoms with Crippen molar-refractivity contribution >= 4 is 15.9 Å². The molecule has 3 nitrogen and oxygen atoms in total. The molecule has 0 N–H and O–H groups in total. The van der Waals surface area contributed by atoms with E-state index in [4.69, 9.17) is 9.47 Å². The number of piperidine rings is 1. The molecule has 0 spiro atoms. The van der Waals surface area contributed by atoms with E-state index in [-0.39, 0.29) is 0 Å². The lowest BCUT2D eigenvalue weighted by Gasteiger charge is -2.29. The van der Waals surface area contributed by atoms with Gasteiger partial charge in [-0.3, -0.25) is 4.90 Å². The highest BCUT2D eigenvalue weighted by Crippen LogP contribution is 2.18. The van der Waals surface area contributed by atoms with Crippen LogP contribution in [-0.2, 0) is 0 Å². The van der Waals surface area contributed by atoms with Crippen molar-refractivity contribution in [3.8, 4) is 11.5 Å². The van der Waals surface area contributed by atoms with Gasteiger partial charge in [0.15, 0.2) is 0 Å². The third-order valence-corrected chi connectivity index (χ3v) is 3.93. The summed E-state index contributed by atoms with van der Waals surface area (Å²) in [7, 11) is 1.67. The van der Waals surface area contributed by atoms with Crippen LogP contribution >= 0.6 is 15.9 Å². The maximum atomic E-state index is 5.73. The quantitative estimate of drug-likeness (QED) is 0.780. The Balaban J connectivity index is 1.70. The second-order valence-corrected chi connectivity index (χ2v) is 5.86. The molecule has 1 aromatic carbocycles. The second-order valence-electron chi connectivity index (χ2n) is 4.56. The van der Waals surface area contributed by atoms with Gasteiger partial charge in [0.25, 0.3) is 0 Å². The summed E-state index contributed by atoms with van der Waals surface area (Å²) in [6, 6.07) is 7.74. The molecule has 4 heteroatoms. The molecule has 1 aliphatic heterocycles. The molecule has 2 rings (SSSR count). The number of benzene rings is 1. The molecule has 1 atom stereocenters. The zero-order valence-electron chi connectivity index (χ0n) is 10.8. The monoisotopic (exact) mass is 313 g/mol. The Morgan fingerprint density at radius 2 is 2.00 bits per heavy atom. The predicted molar refractivity (Wildman–Crippen MR) is 76.9 cm³/mol. The highest BCUT2D eigenvalue weighted by Gasteiger charge is 2.16. The van der Waals surface area contributed by atoms with E-state index in [1.807, 2.05) is 24.3 Å². The van der Waals surface area contributed by atoms with Gasteiger partial charge in [-0.25, -0.2) is 0 Å². The van der Waals surface area contributed by atoms with Gasteiger partial charge in [-0.2, -0.15) is 0 Å². The van der Waals surface area contributed by atoms with Gasteiger partial charge in [-0.05, 0) is 43.7 Å². The summed E-state index contributed by atoms with van der Waals surface area (Å²) in [5, 5.41) is 0. The molecular weight excluding hydrogens is 294 g/mol. The lowest BCUT2D eigenvalue weighted by atomic mass is 10.1. The molecule has 0 amide bonds. The van der Waals surface area contributed by atoms with E-state index in [0.717, 1.165) is 31.2 Å². The fraction of sp³-hybridized carbons (Fsp3) is 0.571. The van der Waals surface area contributed by atoms with Crippen LogP contribution in [-0.4, -0.2) is 43.1 Å². The molecule has 1 unspecified atom stereocenters. The molecule has 0 aromatic heterocycles. The number of hydrogen-bond donors (Lipinski definition) is 0. The number of methoxy groups -OCH3 is 1. The Labute approximate surface area is 117 Å². The number of nitrogens with zero attached hydrogens (tertiary/aromatic N) is 1. The second kappa shape index (κ2) is 7.00. The largest absolute Gasteiger partial charge is 0.497 e. The van der Waals surface area contributed by atoms with Crippen LogP contribution in [0.5, 0.6) is 11.5 Å². The number of halogens is 1. The van der Waals surface area contributed by atoms with Crippen LogP contribution < -0.4 is 9.47 Å². The molecule has 1 heterocycles. The summed E-state index contributed by atoms with van der Waals surface area (Å²) in [6.07, 6.45) is 2.56. The van der Waals surface area contributed by atoms with Crippen molar-refractivity contribution in [2.45, 2.75) is 17.7 Å². The molecule has 1 fully saturated rings. The summed E-state index contributed by atoms with van der Waals surface area (Å²) >= 11 is 3.68. The van der Waals surface area contributed by atoms with Crippen molar-refractivity contribution in [3.05, 3.63) is 24.3 Å². The fourth-order valence-electron chi connectivity index (χ4n) is 2.17. The zero-order valence-corrected chi connectivity index (χ0v) is 12.4.